The van der Waals surface area contributed by atoms with Crippen molar-refractivity contribution < 1.29 is 14.3 Å². The van der Waals surface area contributed by atoms with E-state index in [0.29, 0.717) is 30.9 Å². The monoisotopic (exact) mass is 467 g/mol. The molecule has 6 atom stereocenters. The number of anilines is 1. The number of fused-ring (bicyclic) bond motifs is 2. The molecule has 6 heteroatoms. The molecule has 4 fully saturated rings. The Kier molecular flexibility index (Phi) is 4.08. The minimum absolute atomic E-state index is 0.0182. The Bertz CT molecular complexity index is 1300. The molecule has 35 heavy (non-hydrogen) atoms. The Labute approximate surface area is 205 Å². The van der Waals surface area contributed by atoms with Crippen LogP contribution in [-0.4, -0.2) is 62.0 Å². The number of carbonyl (C=O) groups excluding carboxylic acids is 1. The third-order valence-corrected chi connectivity index (χ3v) is 9.77. The molecule has 5 aliphatic heterocycles. The van der Waals surface area contributed by atoms with Crippen LogP contribution in [0, 0.1) is 11.8 Å². The van der Waals surface area contributed by atoms with Crippen molar-refractivity contribution in [3.05, 3.63) is 65.2 Å². The lowest BCUT2D eigenvalue weighted by Crippen LogP contribution is -2.69. The van der Waals surface area contributed by atoms with E-state index in [2.05, 4.69) is 34.1 Å². The molecule has 2 aromatic rings. The lowest BCUT2D eigenvalue weighted by Gasteiger charge is -2.58. The highest BCUT2D eigenvalue weighted by Gasteiger charge is 2.71. The molecule has 8 rings (SSSR count). The summed E-state index contributed by atoms with van der Waals surface area (Å²) in [6, 6.07) is 15.1. The van der Waals surface area contributed by atoms with E-state index in [1.807, 2.05) is 30.5 Å². The Morgan fingerprint density at radius 1 is 1.20 bits per heavy atom. The molecule has 5 heterocycles. The van der Waals surface area contributed by atoms with E-state index in [1.54, 1.807) is 12.7 Å². The van der Waals surface area contributed by atoms with Gasteiger partial charge in [-0.1, -0.05) is 11.6 Å². The van der Waals surface area contributed by atoms with Crippen LogP contribution < -0.4 is 9.64 Å². The molecular weight excluding hydrogens is 438 g/mol. The molecular formula is C29H29N3O3. The molecule has 0 radical (unpaired) electrons. The van der Waals surface area contributed by atoms with Gasteiger partial charge in [0.05, 0.1) is 38.0 Å². The van der Waals surface area contributed by atoms with E-state index in [-0.39, 0.29) is 23.5 Å². The van der Waals surface area contributed by atoms with Crippen LogP contribution in [0.3, 0.4) is 0 Å². The minimum atomic E-state index is -0.0182. The molecule has 3 saturated heterocycles. The summed E-state index contributed by atoms with van der Waals surface area (Å²) in [6.07, 6.45) is 7.07. The molecule has 178 valence electrons. The molecule has 1 saturated carbocycles. The van der Waals surface area contributed by atoms with Crippen LogP contribution in [0.4, 0.5) is 11.4 Å². The van der Waals surface area contributed by atoms with E-state index in [4.69, 9.17) is 14.5 Å². The molecule has 2 aromatic carbocycles. The van der Waals surface area contributed by atoms with Crippen molar-refractivity contribution in [2.75, 3.05) is 31.7 Å². The third kappa shape index (κ3) is 2.56. The Balaban J connectivity index is 1.25. The van der Waals surface area contributed by atoms with E-state index in [0.717, 1.165) is 42.2 Å². The van der Waals surface area contributed by atoms with Gasteiger partial charge in [0.25, 0.3) is 0 Å². The van der Waals surface area contributed by atoms with Crippen molar-refractivity contribution >= 4 is 23.5 Å². The van der Waals surface area contributed by atoms with E-state index >= 15 is 0 Å². The van der Waals surface area contributed by atoms with Gasteiger partial charge in [0.2, 0.25) is 5.91 Å². The number of ether oxygens (including phenoxy) is 2. The zero-order valence-corrected chi connectivity index (χ0v) is 19.9. The molecule has 0 aromatic heterocycles. The highest BCUT2D eigenvalue weighted by Crippen LogP contribution is 2.66. The zero-order valence-electron chi connectivity index (χ0n) is 19.9. The highest BCUT2D eigenvalue weighted by atomic mass is 16.5. The second kappa shape index (κ2) is 7.05. The Hall–Kier alpha value is -2.96. The second-order valence-corrected chi connectivity index (χ2v) is 11.0. The summed E-state index contributed by atoms with van der Waals surface area (Å²) >= 11 is 0. The highest BCUT2D eigenvalue weighted by molar-refractivity contribution is 5.99. The van der Waals surface area contributed by atoms with Gasteiger partial charge in [-0.05, 0) is 78.9 Å². The van der Waals surface area contributed by atoms with Crippen LogP contribution in [0.1, 0.15) is 30.4 Å². The van der Waals surface area contributed by atoms with Crippen molar-refractivity contribution in [3.8, 4) is 5.75 Å². The predicted octanol–water partition coefficient (Wildman–Crippen LogP) is 3.85. The first-order chi connectivity index (χ1) is 17.2. The largest absolute Gasteiger partial charge is 0.497 e. The maximum atomic E-state index is 13.6. The van der Waals surface area contributed by atoms with Crippen molar-refractivity contribution in [1.82, 2.24) is 4.90 Å². The van der Waals surface area contributed by atoms with E-state index in [9.17, 15) is 4.79 Å². The average molecular weight is 468 g/mol. The predicted molar refractivity (Wildman–Crippen MR) is 134 cm³/mol. The minimum Gasteiger partial charge on any atom is -0.497 e. The topological polar surface area (TPSA) is 54.4 Å². The van der Waals surface area contributed by atoms with Crippen LogP contribution in [0.5, 0.6) is 5.75 Å². The number of rotatable bonds is 3. The fraction of sp³-hybridized carbons (Fsp3) is 0.448. The number of benzene rings is 2. The third-order valence-electron chi connectivity index (χ3n) is 9.77. The molecule has 6 nitrogen and oxygen atoms in total. The van der Waals surface area contributed by atoms with Crippen molar-refractivity contribution in [3.63, 3.8) is 0 Å². The molecule has 1 amide bonds. The summed E-state index contributed by atoms with van der Waals surface area (Å²) in [7, 11) is 1.68. The average Bonchev–Trinajstić information content (AvgIpc) is 3.35. The summed E-state index contributed by atoms with van der Waals surface area (Å²) in [5.41, 5.74) is 5.98. The first kappa shape index (κ1) is 20.3. The van der Waals surface area contributed by atoms with Crippen molar-refractivity contribution in [2.45, 2.75) is 42.9 Å². The fourth-order valence-electron chi connectivity index (χ4n) is 8.46. The van der Waals surface area contributed by atoms with Gasteiger partial charge in [-0.25, -0.2) is 0 Å². The number of carbonyl (C=O) groups is 1. The number of amides is 1. The molecule has 0 N–H and O–H groups in total. The van der Waals surface area contributed by atoms with Gasteiger partial charge in [0.15, 0.2) is 0 Å². The summed E-state index contributed by atoms with van der Waals surface area (Å²) in [4.78, 5) is 23.3. The molecule has 1 spiro atoms. The molecule has 1 aliphatic carbocycles. The lowest BCUT2D eigenvalue weighted by molar-refractivity contribution is -0.132. The molecule has 6 aliphatic rings. The van der Waals surface area contributed by atoms with Gasteiger partial charge in [-0.3, -0.25) is 14.7 Å². The summed E-state index contributed by atoms with van der Waals surface area (Å²) in [5, 5.41) is 0. The first-order valence-electron chi connectivity index (χ1n) is 12.9. The number of hydrogen-bond donors (Lipinski definition) is 0. The smallest absolute Gasteiger partial charge is 0.229 e. The van der Waals surface area contributed by atoms with Crippen LogP contribution in [-0.2, 0) is 14.9 Å². The van der Waals surface area contributed by atoms with E-state index in [1.165, 1.54) is 12.0 Å². The van der Waals surface area contributed by atoms with Gasteiger partial charge in [0, 0.05) is 35.8 Å². The molecule has 2 bridgehead atoms. The maximum absolute atomic E-state index is 13.6. The fourth-order valence-corrected chi connectivity index (χ4v) is 8.46. The Morgan fingerprint density at radius 2 is 2.09 bits per heavy atom. The number of methoxy groups -OCH3 is 1. The Morgan fingerprint density at radius 3 is 2.94 bits per heavy atom. The van der Waals surface area contributed by atoms with Crippen LogP contribution in [0.2, 0.25) is 0 Å². The van der Waals surface area contributed by atoms with Gasteiger partial charge in [-0.15, -0.1) is 0 Å². The number of aliphatic imine (C=N–C) groups is 1. The van der Waals surface area contributed by atoms with Crippen LogP contribution >= 0.6 is 0 Å². The maximum Gasteiger partial charge on any atom is 0.229 e. The standard InChI is InChI=1S/C29H29N3O3/c1-34-20-5-2-17(3-6-20)15-30-19-4-7-23-22(12-19)29-9-10-31-16-18-8-11-35-24-14-26(33)32(23)28(29)27(24)21(18)13-25(29)31/h2-8,12,15,21,24-25,27-28H,9-11,13-14,16H2,1H3/t21-,24+,25-,27-,28-,29-/m0/s1. The summed E-state index contributed by atoms with van der Waals surface area (Å²) < 4.78 is 11.6. The van der Waals surface area contributed by atoms with Crippen LogP contribution in [0.25, 0.3) is 0 Å². The van der Waals surface area contributed by atoms with Gasteiger partial charge in [-0.2, -0.15) is 0 Å². The lowest BCUT2D eigenvalue weighted by atomic mass is 9.53. The number of hydrogen-bond acceptors (Lipinski definition) is 5. The quantitative estimate of drug-likeness (QED) is 0.508. The number of piperidine rings is 2. The SMILES string of the molecule is COc1ccc(C=Nc2ccc3c(c2)[C@]24CCN5CC6=CCO[C@@H]7CC(=O)N3[C@H]2[C@H]7[C@H]6C[C@H]54)cc1. The number of nitrogens with zero attached hydrogens (tertiary/aromatic N) is 3. The van der Waals surface area contributed by atoms with Crippen LogP contribution in [0.15, 0.2) is 59.1 Å². The van der Waals surface area contributed by atoms with Gasteiger partial charge in [0.1, 0.15) is 5.75 Å². The van der Waals surface area contributed by atoms with Crippen molar-refractivity contribution in [1.29, 1.82) is 0 Å². The van der Waals surface area contributed by atoms with Gasteiger partial charge >= 0.3 is 0 Å². The first-order valence-corrected chi connectivity index (χ1v) is 12.9. The second-order valence-electron chi connectivity index (χ2n) is 11.0. The summed E-state index contributed by atoms with van der Waals surface area (Å²) in [5.74, 6) is 1.99. The zero-order chi connectivity index (χ0) is 23.3. The molecule has 0 unspecified atom stereocenters. The van der Waals surface area contributed by atoms with Crippen molar-refractivity contribution in [2.24, 2.45) is 16.8 Å². The van der Waals surface area contributed by atoms with E-state index < -0.39 is 0 Å². The van der Waals surface area contributed by atoms with Gasteiger partial charge < -0.3 is 14.4 Å². The summed E-state index contributed by atoms with van der Waals surface area (Å²) in [6.45, 7) is 2.81. The normalized spacial score (nSPS) is 36.3.